The summed E-state index contributed by atoms with van der Waals surface area (Å²) in [6.07, 6.45) is -0.0697. The van der Waals surface area contributed by atoms with Crippen LogP contribution in [0.2, 0.25) is 0 Å². The van der Waals surface area contributed by atoms with Crippen LogP contribution in [0.25, 0.3) is 33.2 Å². The molecule has 3 aromatic heterocycles. The van der Waals surface area contributed by atoms with Gasteiger partial charge in [0.15, 0.2) is 0 Å². The van der Waals surface area contributed by atoms with Crippen LogP contribution in [-0.2, 0) is 23.7 Å². The number of carboxylic acid groups (broad SMARTS) is 1. The molecule has 3 atom stereocenters. The van der Waals surface area contributed by atoms with E-state index in [1.807, 2.05) is 45.9 Å². The van der Waals surface area contributed by atoms with Gasteiger partial charge in [-0.2, -0.15) is 0 Å². The summed E-state index contributed by atoms with van der Waals surface area (Å²) in [5, 5.41) is 12.3. The van der Waals surface area contributed by atoms with Gasteiger partial charge in [-0.1, -0.05) is 13.8 Å². The summed E-state index contributed by atoms with van der Waals surface area (Å²) in [4.78, 5) is 67.6. The molecule has 6 rings (SSSR count). The van der Waals surface area contributed by atoms with Gasteiger partial charge < -0.3 is 39.3 Å². The number of nitrogens with one attached hydrogen (secondary N) is 3. The molecule has 3 aliphatic rings. The van der Waals surface area contributed by atoms with Crippen LogP contribution in [0.4, 0.5) is 4.79 Å². The molecule has 0 radical (unpaired) electrons. The third-order valence-electron chi connectivity index (χ3n) is 10.6. The number of alkyl carbamates (subject to hydrolysis) is 1. The number of hydrogen-bond donors (Lipinski definition) is 4. The first kappa shape index (κ1) is 40.3. The first-order valence-corrected chi connectivity index (χ1v) is 19.1. The standard InChI is InChI=1S/C42H51N5O9/c1-10-25-20(2)27-19-32-34(24(6)54-16-15-53-14-13-43-41(52)56-42(7,8)9)22(4)29(45-32)17-28-21(3)26(11-12-33(48)49)37(46-28)36-38-35(39(50)55-40(36)51)23(5)30(47-38)18-31(25)44-27/h17-19,21,24,26,45,47H,10-16H2,1-9H3,(H,43,52)(H,48,49)/t21-,24?,26-/m0/s1. The zero-order valence-electron chi connectivity index (χ0n) is 33.5. The normalized spacial score (nSPS) is 17.2. The molecule has 0 spiro atoms. The maximum atomic E-state index is 13.6. The molecular weight excluding hydrogens is 718 g/mol. The Morgan fingerprint density at radius 3 is 2.34 bits per heavy atom. The molecule has 6 heterocycles. The van der Waals surface area contributed by atoms with E-state index in [0.717, 1.165) is 44.7 Å². The lowest BCUT2D eigenvalue weighted by Crippen LogP contribution is -2.34. The van der Waals surface area contributed by atoms with Gasteiger partial charge in [0.25, 0.3) is 0 Å². The summed E-state index contributed by atoms with van der Waals surface area (Å²) in [5.41, 5.74) is 9.36. The van der Waals surface area contributed by atoms with Crippen LogP contribution in [0.5, 0.6) is 0 Å². The highest BCUT2D eigenvalue weighted by Gasteiger charge is 2.38. The molecule has 1 amide bonds. The molecule has 3 aromatic rings. The molecule has 298 valence electrons. The first-order valence-electron chi connectivity index (χ1n) is 19.1. The van der Waals surface area contributed by atoms with Crippen molar-refractivity contribution in [2.45, 2.75) is 105 Å². The van der Waals surface area contributed by atoms with Crippen LogP contribution in [0, 0.1) is 13.8 Å². The fourth-order valence-corrected chi connectivity index (χ4v) is 7.76. The van der Waals surface area contributed by atoms with E-state index in [9.17, 15) is 24.3 Å². The van der Waals surface area contributed by atoms with Gasteiger partial charge in [-0.05, 0) is 102 Å². The van der Waals surface area contributed by atoms with Crippen LogP contribution in [-0.4, -0.2) is 81.0 Å². The van der Waals surface area contributed by atoms with E-state index in [1.54, 1.807) is 27.7 Å². The van der Waals surface area contributed by atoms with Crippen molar-refractivity contribution >= 4 is 57.2 Å². The molecule has 0 fully saturated rings. The van der Waals surface area contributed by atoms with Gasteiger partial charge in [0.05, 0.1) is 54.1 Å². The lowest BCUT2D eigenvalue weighted by atomic mass is 9.85. The Labute approximate surface area is 325 Å². The molecule has 14 nitrogen and oxygen atoms in total. The predicted molar refractivity (Wildman–Crippen MR) is 210 cm³/mol. The molecule has 1 unspecified atom stereocenters. The number of esters is 2. The Bertz CT molecular complexity index is 2290. The minimum atomic E-state index is -0.961. The average molecular weight is 770 g/mol. The predicted octanol–water partition coefficient (Wildman–Crippen LogP) is 7.95. The lowest BCUT2D eigenvalue weighted by Gasteiger charge is -2.19. The summed E-state index contributed by atoms with van der Waals surface area (Å²) in [5.74, 6) is -3.25. The second-order valence-corrected chi connectivity index (χ2v) is 15.5. The Hall–Kier alpha value is -5.34. The zero-order chi connectivity index (χ0) is 40.6. The van der Waals surface area contributed by atoms with Gasteiger partial charge in [-0.3, -0.25) is 9.78 Å². The number of fused-ring (bicyclic) bond motifs is 8. The number of carbonyl (C=O) groups excluding carboxylic acids is 3. The number of amides is 1. The second kappa shape index (κ2) is 16.0. The molecule has 4 N–H and O–H groups in total. The number of H-pyrrole nitrogens is 2. The van der Waals surface area contributed by atoms with Crippen LogP contribution < -0.4 is 5.32 Å². The van der Waals surface area contributed by atoms with Gasteiger partial charge >= 0.3 is 24.0 Å². The number of carboxylic acids is 1. The molecular formula is C42H51N5O9. The summed E-state index contributed by atoms with van der Waals surface area (Å²) in [6.45, 7) is 18.5. The van der Waals surface area contributed by atoms with Gasteiger partial charge in [-0.25, -0.2) is 19.4 Å². The summed E-state index contributed by atoms with van der Waals surface area (Å²) >= 11 is 0. The van der Waals surface area contributed by atoms with Crippen LogP contribution in [0.1, 0.15) is 146 Å². The highest BCUT2D eigenvalue weighted by molar-refractivity contribution is 6.18. The lowest BCUT2D eigenvalue weighted by molar-refractivity contribution is -0.137. The molecule has 0 saturated carbocycles. The number of ether oxygens (including phenoxy) is 4. The van der Waals surface area contributed by atoms with Crippen LogP contribution >= 0.6 is 0 Å². The molecule has 3 aliphatic heterocycles. The van der Waals surface area contributed by atoms with Crippen molar-refractivity contribution in [3.8, 4) is 0 Å². The number of aryl methyl sites for hydroxylation is 2. The summed E-state index contributed by atoms with van der Waals surface area (Å²) in [6, 6.07) is 5.86. The van der Waals surface area contributed by atoms with Crippen molar-refractivity contribution in [2.75, 3.05) is 26.4 Å². The zero-order valence-corrected chi connectivity index (χ0v) is 33.5. The quantitative estimate of drug-likeness (QED) is 0.0793. The monoisotopic (exact) mass is 769 g/mol. The number of rotatable bonds is 12. The fourth-order valence-electron chi connectivity index (χ4n) is 7.76. The Balaban J connectivity index is 1.46. The van der Waals surface area contributed by atoms with E-state index in [0.29, 0.717) is 60.8 Å². The third-order valence-corrected chi connectivity index (χ3v) is 10.6. The maximum absolute atomic E-state index is 13.6. The van der Waals surface area contributed by atoms with Gasteiger partial charge in [0, 0.05) is 52.6 Å². The molecule has 0 saturated heterocycles. The largest absolute Gasteiger partial charge is 0.481 e. The minimum absolute atomic E-state index is 0.130. The van der Waals surface area contributed by atoms with Crippen molar-refractivity contribution in [3.63, 3.8) is 0 Å². The van der Waals surface area contributed by atoms with Crippen LogP contribution in [0.3, 0.4) is 0 Å². The van der Waals surface area contributed by atoms with Crippen molar-refractivity contribution in [2.24, 2.45) is 0 Å². The highest BCUT2D eigenvalue weighted by Crippen LogP contribution is 2.44. The van der Waals surface area contributed by atoms with E-state index in [4.69, 9.17) is 28.9 Å². The van der Waals surface area contributed by atoms with Crippen molar-refractivity contribution < 1.29 is 43.2 Å². The van der Waals surface area contributed by atoms with E-state index in [2.05, 4.69) is 22.2 Å². The van der Waals surface area contributed by atoms with E-state index in [1.165, 1.54) is 0 Å². The van der Waals surface area contributed by atoms with E-state index >= 15 is 0 Å². The molecule has 0 aliphatic carbocycles. The van der Waals surface area contributed by atoms with Gasteiger partial charge in [-0.15, -0.1) is 0 Å². The molecule has 8 bridgehead atoms. The Morgan fingerprint density at radius 1 is 0.946 bits per heavy atom. The molecule has 56 heavy (non-hydrogen) atoms. The number of aromatic nitrogens is 4. The van der Waals surface area contributed by atoms with Gasteiger partial charge in [0.1, 0.15) is 11.2 Å². The average Bonchev–Trinajstić information content (AvgIpc) is 3.79. The third kappa shape index (κ3) is 8.12. The minimum Gasteiger partial charge on any atom is -0.481 e. The highest BCUT2D eigenvalue weighted by atomic mass is 16.6. The number of hydrogen-bond acceptors (Lipinski definition) is 10. The second-order valence-electron chi connectivity index (χ2n) is 15.5. The van der Waals surface area contributed by atoms with Crippen molar-refractivity contribution in [3.05, 3.63) is 68.8 Å². The Kier molecular flexibility index (Phi) is 11.5. The summed E-state index contributed by atoms with van der Waals surface area (Å²) < 4.78 is 22.6. The first-order chi connectivity index (χ1) is 26.5. The number of aliphatic carboxylic acids is 1. The van der Waals surface area contributed by atoms with Crippen molar-refractivity contribution in [1.82, 2.24) is 25.3 Å². The maximum Gasteiger partial charge on any atom is 0.407 e. The fraction of sp³-hybridized carbons (Fsp3) is 0.476. The Morgan fingerprint density at radius 2 is 1.64 bits per heavy atom. The number of carbonyl (C=O) groups is 4. The van der Waals surface area contributed by atoms with E-state index < -0.39 is 35.5 Å². The number of nitrogens with zero attached hydrogens (tertiary/aromatic N) is 2. The number of cyclic esters (lactones) is 2. The number of allylic oxidation sites excluding steroid dienone is 2. The molecule has 0 aromatic carbocycles. The van der Waals surface area contributed by atoms with Crippen molar-refractivity contribution in [1.29, 1.82) is 0 Å². The topological polar surface area (TPSA) is 195 Å². The molecule has 14 heteroatoms. The summed E-state index contributed by atoms with van der Waals surface area (Å²) in [7, 11) is 0. The number of aromatic amines is 2. The van der Waals surface area contributed by atoms with Crippen LogP contribution in [0.15, 0.2) is 18.2 Å². The smallest absolute Gasteiger partial charge is 0.407 e. The van der Waals surface area contributed by atoms with Gasteiger partial charge in [0.2, 0.25) is 0 Å². The van der Waals surface area contributed by atoms with E-state index in [-0.39, 0.29) is 36.0 Å². The SMILES string of the molecule is CCC1=C(C)c2cc3[nH]c(cc4nc(c5c6[nH]c(cc1n2)c(C)c6C(=O)OC5=O)[C@@H](CCC(=O)O)[C@@H]4C)c(C)c3C(C)OCCOCCNC(=O)OC(C)(C)C.